The molecule has 5 nitrogen and oxygen atoms in total. The lowest BCUT2D eigenvalue weighted by Gasteiger charge is -2.18. The number of tetrazole rings is 1. The third kappa shape index (κ3) is 2.61. The van der Waals surface area contributed by atoms with Gasteiger partial charge >= 0.3 is 5.69 Å². The van der Waals surface area contributed by atoms with Crippen molar-refractivity contribution >= 4 is 0 Å². The molecular weight excluding hydrogens is 216 g/mol. The van der Waals surface area contributed by atoms with Gasteiger partial charge in [-0.1, -0.05) is 40.3 Å². The first-order chi connectivity index (χ1) is 7.48. The van der Waals surface area contributed by atoms with Crippen molar-refractivity contribution < 1.29 is 0 Å². The normalized spacial score (nSPS) is 11.0. The molecule has 0 spiro atoms. The van der Waals surface area contributed by atoms with Crippen molar-refractivity contribution in [3.63, 3.8) is 0 Å². The summed E-state index contributed by atoms with van der Waals surface area (Å²) in [4.78, 5) is 11.3. The number of nitrogens with zero attached hydrogens (tertiary/aromatic N) is 3. The Hall–Kier alpha value is -1.91. The van der Waals surface area contributed by atoms with E-state index >= 15 is 0 Å². The summed E-state index contributed by atoms with van der Waals surface area (Å²) in [6.45, 7) is 6.43. The number of H-pyrrole nitrogens is 1. The van der Waals surface area contributed by atoms with E-state index in [1.54, 1.807) is 0 Å². The summed E-state index contributed by atoms with van der Waals surface area (Å²) in [5.74, 6) is 0. The molecular formula is C12H18N4O. The number of rotatable bonds is 1. The topological polar surface area (TPSA) is 63.6 Å². The van der Waals surface area contributed by atoms with Gasteiger partial charge in [-0.2, -0.15) is 4.68 Å². The Bertz CT molecular complexity index is 531. The van der Waals surface area contributed by atoms with Crippen LogP contribution in [0.15, 0.2) is 29.1 Å². The molecule has 17 heavy (non-hydrogen) atoms. The average molecular weight is 234 g/mol. The Morgan fingerprint density at radius 2 is 1.76 bits per heavy atom. The first kappa shape index (κ1) is 13.2. The van der Waals surface area contributed by atoms with Crippen LogP contribution in [0.4, 0.5) is 0 Å². The van der Waals surface area contributed by atoms with Gasteiger partial charge in [0.25, 0.3) is 0 Å². The Morgan fingerprint density at radius 1 is 1.18 bits per heavy atom. The van der Waals surface area contributed by atoms with Gasteiger partial charge in [0.15, 0.2) is 0 Å². The van der Waals surface area contributed by atoms with Gasteiger partial charge in [0.2, 0.25) is 0 Å². The zero-order chi connectivity index (χ0) is 11.8. The number of benzene rings is 1. The lowest BCUT2D eigenvalue weighted by Crippen LogP contribution is -2.16. The van der Waals surface area contributed by atoms with E-state index in [-0.39, 0.29) is 18.5 Å². The van der Waals surface area contributed by atoms with Crippen LogP contribution in [0.25, 0.3) is 5.69 Å². The van der Waals surface area contributed by atoms with E-state index in [2.05, 4.69) is 36.3 Å². The molecule has 0 saturated carbocycles. The maximum atomic E-state index is 11.3. The standard InChI is InChI=1S/C11H14N4O.CH4/c1-11(2,3)8-4-6-9(7-5-8)15-10(16)12-13-14-15;/h4-7H,1-3H3,(H,12,14,16);1H4. The summed E-state index contributed by atoms with van der Waals surface area (Å²) < 4.78 is 1.23. The molecule has 1 aromatic heterocycles. The van der Waals surface area contributed by atoms with Crippen molar-refractivity contribution in [3.8, 4) is 5.69 Å². The molecule has 1 heterocycles. The van der Waals surface area contributed by atoms with Crippen molar-refractivity contribution in [2.24, 2.45) is 0 Å². The number of aromatic amines is 1. The highest BCUT2D eigenvalue weighted by Crippen LogP contribution is 2.22. The molecule has 0 bridgehead atoms. The molecule has 0 fully saturated rings. The molecule has 0 radical (unpaired) electrons. The SMILES string of the molecule is C.CC(C)(C)c1ccc(-n2nn[nH]c2=O)cc1. The molecule has 0 unspecified atom stereocenters. The third-order valence-electron chi connectivity index (χ3n) is 2.45. The second-order valence-corrected chi connectivity index (χ2v) is 4.72. The predicted molar refractivity (Wildman–Crippen MR) is 67.4 cm³/mol. The van der Waals surface area contributed by atoms with Crippen LogP contribution < -0.4 is 5.69 Å². The Labute approximate surface area is 100 Å². The molecule has 92 valence electrons. The number of nitrogens with one attached hydrogen (secondary N) is 1. The molecule has 2 aromatic rings. The summed E-state index contributed by atoms with van der Waals surface area (Å²) in [6, 6.07) is 7.72. The summed E-state index contributed by atoms with van der Waals surface area (Å²) in [7, 11) is 0. The zero-order valence-electron chi connectivity index (χ0n) is 9.56. The number of aromatic nitrogens is 4. The second kappa shape index (κ2) is 4.53. The maximum Gasteiger partial charge on any atom is 0.365 e. The van der Waals surface area contributed by atoms with Crippen molar-refractivity contribution in [1.29, 1.82) is 0 Å². The van der Waals surface area contributed by atoms with E-state index in [1.165, 1.54) is 10.2 Å². The monoisotopic (exact) mass is 234 g/mol. The van der Waals surface area contributed by atoms with Gasteiger partial charge < -0.3 is 0 Å². The van der Waals surface area contributed by atoms with E-state index in [0.717, 1.165) is 0 Å². The van der Waals surface area contributed by atoms with E-state index in [9.17, 15) is 4.79 Å². The molecule has 5 heteroatoms. The molecule has 2 rings (SSSR count). The van der Waals surface area contributed by atoms with Crippen molar-refractivity contribution in [1.82, 2.24) is 20.2 Å². The van der Waals surface area contributed by atoms with Crippen LogP contribution in [-0.4, -0.2) is 20.2 Å². The van der Waals surface area contributed by atoms with Crippen molar-refractivity contribution in [3.05, 3.63) is 40.3 Å². The van der Waals surface area contributed by atoms with E-state index in [1.807, 2.05) is 24.3 Å². The van der Waals surface area contributed by atoms with Crippen molar-refractivity contribution in [2.75, 3.05) is 0 Å². The van der Waals surface area contributed by atoms with E-state index in [4.69, 9.17) is 0 Å². The largest absolute Gasteiger partial charge is 0.365 e. The highest BCUT2D eigenvalue weighted by Gasteiger charge is 2.13. The number of hydrogen-bond acceptors (Lipinski definition) is 3. The molecule has 0 aliphatic heterocycles. The summed E-state index contributed by atoms with van der Waals surface area (Å²) >= 11 is 0. The fourth-order valence-corrected chi connectivity index (χ4v) is 1.47. The van der Waals surface area contributed by atoms with Crippen LogP contribution in [0.2, 0.25) is 0 Å². The zero-order valence-corrected chi connectivity index (χ0v) is 9.56. The van der Waals surface area contributed by atoms with Crippen LogP contribution in [0.1, 0.15) is 33.8 Å². The van der Waals surface area contributed by atoms with Gasteiger partial charge in [-0.05, 0) is 33.5 Å². The van der Waals surface area contributed by atoms with Gasteiger partial charge in [0.1, 0.15) is 0 Å². The van der Waals surface area contributed by atoms with Gasteiger partial charge in [-0.3, -0.25) is 0 Å². The predicted octanol–water partition coefficient (Wildman–Crippen LogP) is 1.89. The van der Waals surface area contributed by atoms with Gasteiger partial charge in [-0.15, -0.1) is 0 Å². The molecule has 1 N–H and O–H groups in total. The highest BCUT2D eigenvalue weighted by atomic mass is 16.2. The van der Waals surface area contributed by atoms with Gasteiger partial charge in [-0.25, -0.2) is 9.89 Å². The van der Waals surface area contributed by atoms with E-state index in [0.29, 0.717) is 5.69 Å². The summed E-state index contributed by atoms with van der Waals surface area (Å²) in [6.07, 6.45) is 0. The highest BCUT2D eigenvalue weighted by molar-refractivity contribution is 5.35. The third-order valence-corrected chi connectivity index (χ3v) is 2.45. The fourth-order valence-electron chi connectivity index (χ4n) is 1.47. The molecule has 0 saturated heterocycles. The average Bonchev–Trinajstić information content (AvgIpc) is 2.63. The minimum atomic E-state index is -0.330. The quantitative estimate of drug-likeness (QED) is 0.819. The molecule has 0 aliphatic rings. The van der Waals surface area contributed by atoms with Gasteiger partial charge in [0.05, 0.1) is 5.69 Å². The minimum absolute atomic E-state index is 0. The van der Waals surface area contributed by atoms with Crippen LogP contribution >= 0.6 is 0 Å². The summed E-state index contributed by atoms with van der Waals surface area (Å²) in [5.41, 5.74) is 1.70. The minimum Gasteiger partial charge on any atom is -0.244 e. The first-order valence-electron chi connectivity index (χ1n) is 5.10. The fraction of sp³-hybridized carbons (Fsp3) is 0.417. The Kier molecular flexibility index (Phi) is 3.50. The Morgan fingerprint density at radius 3 is 2.18 bits per heavy atom. The van der Waals surface area contributed by atoms with Crippen LogP contribution in [0, 0.1) is 0 Å². The second-order valence-electron chi connectivity index (χ2n) is 4.72. The Balaban J connectivity index is 0.00000144. The van der Waals surface area contributed by atoms with Crippen molar-refractivity contribution in [2.45, 2.75) is 33.6 Å². The van der Waals surface area contributed by atoms with Crippen LogP contribution in [0.5, 0.6) is 0 Å². The molecule has 0 aliphatic carbocycles. The first-order valence-corrected chi connectivity index (χ1v) is 5.10. The maximum absolute atomic E-state index is 11.3. The van der Waals surface area contributed by atoms with Crippen LogP contribution in [0.3, 0.4) is 0 Å². The van der Waals surface area contributed by atoms with Crippen LogP contribution in [-0.2, 0) is 5.41 Å². The molecule has 0 amide bonds. The smallest absolute Gasteiger partial charge is 0.244 e. The lowest BCUT2D eigenvalue weighted by molar-refractivity contribution is 0.590. The van der Waals surface area contributed by atoms with E-state index < -0.39 is 0 Å². The lowest BCUT2D eigenvalue weighted by atomic mass is 9.87. The number of hydrogen-bond donors (Lipinski definition) is 1. The summed E-state index contributed by atoms with van der Waals surface area (Å²) in [5, 5.41) is 9.38. The molecule has 1 aromatic carbocycles. The molecule has 0 atom stereocenters. The van der Waals surface area contributed by atoms with Gasteiger partial charge in [0, 0.05) is 0 Å².